The van der Waals surface area contributed by atoms with Gasteiger partial charge in [-0.15, -0.1) is 11.3 Å². The molecule has 0 spiro atoms. The predicted octanol–water partition coefficient (Wildman–Crippen LogP) is 2.26. The number of hydrogen-bond acceptors (Lipinski definition) is 6. The van der Waals surface area contributed by atoms with Crippen LogP contribution in [0.5, 0.6) is 0 Å². The first-order valence-corrected chi connectivity index (χ1v) is 8.80. The zero-order chi connectivity index (χ0) is 15.6. The molecule has 7 heteroatoms. The number of thiophene rings is 1. The van der Waals surface area contributed by atoms with Crippen LogP contribution in [0.25, 0.3) is 10.2 Å². The van der Waals surface area contributed by atoms with Crippen molar-refractivity contribution in [1.82, 2.24) is 19.7 Å². The third-order valence-electron chi connectivity index (χ3n) is 4.51. The largest absolute Gasteiger partial charge is 0.394 e. The van der Waals surface area contributed by atoms with Gasteiger partial charge in [0.1, 0.15) is 17.0 Å². The lowest BCUT2D eigenvalue weighted by molar-refractivity contribution is 0.265. The second kappa shape index (κ2) is 6.25. The van der Waals surface area contributed by atoms with Crippen LogP contribution in [0.1, 0.15) is 24.5 Å². The van der Waals surface area contributed by atoms with Crippen LogP contribution in [-0.4, -0.2) is 44.6 Å². The fraction of sp³-hybridized carbons (Fsp3) is 0.438. The van der Waals surface area contributed by atoms with E-state index < -0.39 is 0 Å². The molecule has 4 rings (SSSR count). The zero-order valence-corrected chi connectivity index (χ0v) is 13.6. The number of nitrogens with zero attached hydrogens (tertiary/aromatic N) is 5. The molecule has 4 heterocycles. The topological polar surface area (TPSA) is 67.1 Å². The second-order valence-electron chi connectivity index (χ2n) is 5.80. The summed E-state index contributed by atoms with van der Waals surface area (Å²) < 4.78 is 1.93. The molecule has 0 saturated carbocycles. The van der Waals surface area contributed by atoms with Gasteiger partial charge in [0.05, 0.1) is 18.5 Å². The summed E-state index contributed by atoms with van der Waals surface area (Å²) in [5.74, 6) is 1.55. The highest BCUT2D eigenvalue weighted by atomic mass is 32.1. The van der Waals surface area contributed by atoms with Crippen molar-refractivity contribution in [3.05, 3.63) is 35.7 Å². The molecule has 0 amide bonds. The van der Waals surface area contributed by atoms with Crippen LogP contribution in [-0.2, 0) is 6.54 Å². The maximum absolute atomic E-state index is 9.15. The molecule has 3 aromatic rings. The third kappa shape index (κ3) is 2.70. The van der Waals surface area contributed by atoms with Crippen LogP contribution in [0.15, 0.2) is 30.0 Å². The van der Waals surface area contributed by atoms with E-state index in [2.05, 4.69) is 37.5 Å². The molecule has 120 valence electrons. The SMILES string of the molecule is OCCn1nccc1C1CCN(c2ncnc3sccc23)CC1. The van der Waals surface area contributed by atoms with Gasteiger partial charge in [-0.1, -0.05) is 0 Å². The summed E-state index contributed by atoms with van der Waals surface area (Å²) in [6.07, 6.45) is 5.65. The van der Waals surface area contributed by atoms with Crippen molar-refractivity contribution in [1.29, 1.82) is 0 Å². The van der Waals surface area contributed by atoms with Crippen molar-refractivity contribution in [2.75, 3.05) is 24.6 Å². The number of aromatic nitrogens is 4. The van der Waals surface area contributed by atoms with Crippen molar-refractivity contribution in [3.63, 3.8) is 0 Å². The Balaban J connectivity index is 1.51. The Labute approximate surface area is 138 Å². The summed E-state index contributed by atoms with van der Waals surface area (Å²) in [7, 11) is 0. The van der Waals surface area contributed by atoms with Crippen LogP contribution in [0.4, 0.5) is 5.82 Å². The Bertz CT molecular complexity index is 790. The van der Waals surface area contributed by atoms with Crippen molar-refractivity contribution in [2.24, 2.45) is 0 Å². The Morgan fingerprint density at radius 2 is 2.09 bits per heavy atom. The molecular formula is C16H19N5OS. The number of fused-ring (bicyclic) bond motifs is 1. The first-order valence-electron chi connectivity index (χ1n) is 7.92. The second-order valence-corrected chi connectivity index (χ2v) is 6.70. The fourth-order valence-electron chi connectivity index (χ4n) is 3.39. The minimum Gasteiger partial charge on any atom is -0.394 e. The number of aliphatic hydroxyl groups excluding tert-OH is 1. The summed E-state index contributed by atoms with van der Waals surface area (Å²) in [5.41, 5.74) is 1.24. The average Bonchev–Trinajstić information content (AvgIpc) is 3.24. The van der Waals surface area contributed by atoms with Crippen LogP contribution in [0.3, 0.4) is 0 Å². The molecule has 1 N–H and O–H groups in total. The predicted molar refractivity (Wildman–Crippen MR) is 90.9 cm³/mol. The smallest absolute Gasteiger partial charge is 0.140 e. The van der Waals surface area contributed by atoms with E-state index in [0.717, 1.165) is 42.0 Å². The van der Waals surface area contributed by atoms with Crippen molar-refractivity contribution in [2.45, 2.75) is 25.3 Å². The molecule has 0 unspecified atom stereocenters. The monoisotopic (exact) mass is 329 g/mol. The van der Waals surface area contributed by atoms with Gasteiger partial charge in [-0.2, -0.15) is 5.10 Å². The van der Waals surface area contributed by atoms with Gasteiger partial charge in [0.2, 0.25) is 0 Å². The van der Waals surface area contributed by atoms with Gasteiger partial charge < -0.3 is 10.0 Å². The molecule has 0 aromatic carbocycles. The van der Waals surface area contributed by atoms with E-state index in [4.69, 9.17) is 5.11 Å². The first-order chi connectivity index (χ1) is 11.4. The molecular weight excluding hydrogens is 310 g/mol. The summed E-state index contributed by atoms with van der Waals surface area (Å²) in [5, 5.41) is 16.7. The fourth-order valence-corrected chi connectivity index (χ4v) is 4.11. The lowest BCUT2D eigenvalue weighted by Gasteiger charge is -2.33. The lowest BCUT2D eigenvalue weighted by atomic mass is 9.93. The van der Waals surface area contributed by atoms with Crippen molar-refractivity contribution in [3.8, 4) is 0 Å². The minimum absolute atomic E-state index is 0.130. The molecule has 1 aliphatic rings. The standard InChI is InChI=1S/C16H19N5OS/c22-9-8-21-14(1-5-19-21)12-2-6-20(7-3-12)15-13-4-10-23-16(13)18-11-17-15/h1,4-5,10-12,22H,2-3,6-9H2. The molecule has 1 fully saturated rings. The van der Waals surface area contributed by atoms with E-state index in [9.17, 15) is 0 Å². The third-order valence-corrected chi connectivity index (χ3v) is 5.34. The van der Waals surface area contributed by atoms with Crippen LogP contribution < -0.4 is 4.90 Å². The molecule has 0 aliphatic carbocycles. The average molecular weight is 329 g/mol. The molecule has 1 saturated heterocycles. The number of hydrogen-bond donors (Lipinski definition) is 1. The Kier molecular flexibility index (Phi) is 3.97. The number of piperidine rings is 1. The van der Waals surface area contributed by atoms with Gasteiger partial charge in [-0.25, -0.2) is 9.97 Å². The van der Waals surface area contributed by atoms with Gasteiger partial charge in [0.15, 0.2) is 0 Å². The molecule has 0 radical (unpaired) electrons. The highest BCUT2D eigenvalue weighted by molar-refractivity contribution is 7.16. The zero-order valence-electron chi connectivity index (χ0n) is 12.8. The summed E-state index contributed by atoms with van der Waals surface area (Å²) in [6, 6.07) is 4.19. The molecule has 0 bridgehead atoms. The molecule has 1 aliphatic heterocycles. The van der Waals surface area contributed by atoms with Gasteiger partial charge in [-0.3, -0.25) is 4.68 Å². The van der Waals surface area contributed by atoms with Gasteiger partial charge in [-0.05, 0) is 30.4 Å². The minimum atomic E-state index is 0.130. The van der Waals surface area contributed by atoms with E-state index in [1.54, 1.807) is 17.7 Å². The van der Waals surface area contributed by atoms with E-state index in [-0.39, 0.29) is 6.61 Å². The van der Waals surface area contributed by atoms with E-state index >= 15 is 0 Å². The Morgan fingerprint density at radius 3 is 2.91 bits per heavy atom. The Hall–Kier alpha value is -1.99. The summed E-state index contributed by atoms with van der Waals surface area (Å²) >= 11 is 1.66. The van der Waals surface area contributed by atoms with Crippen LogP contribution in [0, 0.1) is 0 Å². The maximum atomic E-state index is 9.15. The molecule has 6 nitrogen and oxygen atoms in total. The van der Waals surface area contributed by atoms with Crippen LogP contribution in [0.2, 0.25) is 0 Å². The van der Waals surface area contributed by atoms with Crippen LogP contribution >= 0.6 is 11.3 Å². The summed E-state index contributed by atoms with van der Waals surface area (Å²) in [6.45, 7) is 2.67. The van der Waals surface area contributed by atoms with Crippen molar-refractivity contribution >= 4 is 27.4 Å². The van der Waals surface area contributed by atoms with Gasteiger partial charge >= 0.3 is 0 Å². The first kappa shape index (κ1) is 14.6. The quantitative estimate of drug-likeness (QED) is 0.795. The highest BCUT2D eigenvalue weighted by Crippen LogP contribution is 2.33. The van der Waals surface area contributed by atoms with Gasteiger partial charge in [0, 0.05) is 30.9 Å². The van der Waals surface area contributed by atoms with E-state index in [0.29, 0.717) is 12.5 Å². The van der Waals surface area contributed by atoms with E-state index in [1.165, 1.54) is 5.69 Å². The van der Waals surface area contributed by atoms with E-state index in [1.807, 2.05) is 10.9 Å². The summed E-state index contributed by atoms with van der Waals surface area (Å²) in [4.78, 5) is 12.3. The van der Waals surface area contributed by atoms with Gasteiger partial charge in [0.25, 0.3) is 0 Å². The van der Waals surface area contributed by atoms with Crippen molar-refractivity contribution < 1.29 is 5.11 Å². The highest BCUT2D eigenvalue weighted by Gasteiger charge is 2.25. The molecule has 23 heavy (non-hydrogen) atoms. The maximum Gasteiger partial charge on any atom is 0.140 e. The Morgan fingerprint density at radius 1 is 1.22 bits per heavy atom. The molecule has 0 atom stereocenters. The lowest BCUT2D eigenvalue weighted by Crippen LogP contribution is -2.34. The normalized spacial score (nSPS) is 16.3. The molecule has 3 aromatic heterocycles. The number of anilines is 1. The number of rotatable bonds is 4. The number of aliphatic hydroxyl groups is 1.